The zero-order valence-electron chi connectivity index (χ0n) is 11.2. The van der Waals surface area contributed by atoms with Crippen LogP contribution in [0.5, 0.6) is 0 Å². The average molecular weight is 250 g/mol. The molecule has 1 aliphatic heterocycles. The monoisotopic (exact) mass is 250 g/mol. The summed E-state index contributed by atoms with van der Waals surface area (Å²) in [7, 11) is 0. The topological polar surface area (TPSA) is 64.1 Å². The third-order valence-electron chi connectivity index (χ3n) is 3.39. The molecule has 0 aliphatic carbocycles. The summed E-state index contributed by atoms with van der Waals surface area (Å²) in [5, 5.41) is 0. The number of nitrogens with zero attached hydrogens (tertiary/aromatic N) is 3. The van der Waals surface area contributed by atoms with E-state index >= 15 is 0 Å². The molecular weight excluding hydrogens is 228 g/mol. The Morgan fingerprint density at radius 2 is 2.06 bits per heavy atom. The molecule has 18 heavy (non-hydrogen) atoms. The molecule has 1 aliphatic rings. The third kappa shape index (κ3) is 2.90. The predicted molar refractivity (Wildman–Crippen MR) is 69.9 cm³/mol. The van der Waals surface area contributed by atoms with E-state index in [-0.39, 0.29) is 5.91 Å². The summed E-state index contributed by atoms with van der Waals surface area (Å²) >= 11 is 0. The van der Waals surface area contributed by atoms with Crippen LogP contribution >= 0.6 is 0 Å². The lowest BCUT2D eigenvalue weighted by molar-refractivity contribution is -0.132. The van der Waals surface area contributed by atoms with E-state index in [0.717, 1.165) is 31.6 Å². The quantitative estimate of drug-likeness (QED) is 0.873. The minimum absolute atomic E-state index is 0.165. The van der Waals surface area contributed by atoms with E-state index in [4.69, 9.17) is 5.73 Å². The van der Waals surface area contributed by atoms with Gasteiger partial charge in [-0.3, -0.25) is 4.79 Å². The van der Waals surface area contributed by atoms with E-state index in [0.29, 0.717) is 6.54 Å². The van der Waals surface area contributed by atoms with Gasteiger partial charge in [0.2, 0.25) is 5.91 Å². The minimum atomic E-state index is -0.474. The van der Waals surface area contributed by atoms with Crippen molar-refractivity contribution in [1.29, 1.82) is 0 Å². The summed E-state index contributed by atoms with van der Waals surface area (Å²) < 4.78 is 1.86. The van der Waals surface area contributed by atoms with E-state index < -0.39 is 5.54 Å². The lowest BCUT2D eigenvalue weighted by atomic mass is 10.0. The van der Waals surface area contributed by atoms with E-state index in [1.54, 1.807) is 12.5 Å². The highest BCUT2D eigenvalue weighted by atomic mass is 16.2. The first-order valence-corrected chi connectivity index (χ1v) is 6.56. The summed E-state index contributed by atoms with van der Waals surface area (Å²) in [6, 6.07) is 0. The summed E-state index contributed by atoms with van der Waals surface area (Å²) in [5.74, 6) is 0.165. The van der Waals surface area contributed by atoms with E-state index in [1.165, 1.54) is 6.42 Å². The Bertz CT molecular complexity index is 413. The van der Waals surface area contributed by atoms with Crippen LogP contribution in [-0.4, -0.2) is 33.4 Å². The van der Waals surface area contributed by atoms with E-state index in [9.17, 15) is 4.79 Å². The standard InChI is InChI=1S/C13H22N4O/c1-13(2,14)11-8-15-10-17(11)9-12(18)16-6-4-3-5-7-16/h8,10H,3-7,9,14H2,1-2H3. The minimum Gasteiger partial charge on any atom is -0.341 e. The lowest BCUT2D eigenvalue weighted by Crippen LogP contribution is -2.39. The molecule has 1 fully saturated rings. The molecule has 0 saturated carbocycles. The third-order valence-corrected chi connectivity index (χ3v) is 3.39. The molecule has 1 amide bonds. The maximum absolute atomic E-state index is 12.2. The number of hydrogen-bond acceptors (Lipinski definition) is 3. The highest BCUT2D eigenvalue weighted by Gasteiger charge is 2.22. The van der Waals surface area contributed by atoms with Gasteiger partial charge in [-0.1, -0.05) is 0 Å². The average Bonchev–Trinajstić information content (AvgIpc) is 2.78. The molecule has 5 nitrogen and oxygen atoms in total. The smallest absolute Gasteiger partial charge is 0.242 e. The molecule has 100 valence electrons. The molecule has 0 spiro atoms. The molecule has 1 saturated heterocycles. The Balaban J connectivity index is 2.05. The molecule has 5 heteroatoms. The molecule has 0 aromatic carbocycles. The van der Waals surface area contributed by atoms with Gasteiger partial charge in [0.05, 0.1) is 17.6 Å². The van der Waals surface area contributed by atoms with Crippen molar-refractivity contribution in [2.75, 3.05) is 13.1 Å². The van der Waals surface area contributed by atoms with Gasteiger partial charge in [-0.05, 0) is 33.1 Å². The number of piperidine rings is 1. The van der Waals surface area contributed by atoms with Crippen molar-refractivity contribution >= 4 is 5.91 Å². The zero-order valence-corrected chi connectivity index (χ0v) is 11.2. The summed E-state index contributed by atoms with van der Waals surface area (Å²) in [5.41, 5.74) is 6.49. The summed E-state index contributed by atoms with van der Waals surface area (Å²) in [6.07, 6.45) is 6.89. The molecule has 2 rings (SSSR count). The second-order valence-electron chi connectivity index (χ2n) is 5.57. The van der Waals surface area contributed by atoms with Gasteiger partial charge in [-0.2, -0.15) is 0 Å². The number of rotatable bonds is 3. The largest absolute Gasteiger partial charge is 0.341 e. The van der Waals surface area contributed by atoms with Gasteiger partial charge in [0.15, 0.2) is 0 Å². The second-order valence-corrected chi connectivity index (χ2v) is 5.57. The molecule has 2 heterocycles. The van der Waals surface area contributed by atoms with Gasteiger partial charge in [-0.15, -0.1) is 0 Å². The normalized spacial score (nSPS) is 16.9. The van der Waals surface area contributed by atoms with Crippen molar-refractivity contribution in [1.82, 2.24) is 14.5 Å². The molecule has 1 aromatic heterocycles. The fraction of sp³-hybridized carbons (Fsp3) is 0.692. The number of carbonyl (C=O) groups is 1. The first kappa shape index (κ1) is 13.1. The highest BCUT2D eigenvalue weighted by molar-refractivity contribution is 5.76. The number of aromatic nitrogens is 2. The Kier molecular flexibility index (Phi) is 3.71. The van der Waals surface area contributed by atoms with Gasteiger partial charge in [0.25, 0.3) is 0 Å². The summed E-state index contributed by atoms with van der Waals surface area (Å²) in [4.78, 5) is 18.2. The van der Waals surface area contributed by atoms with Gasteiger partial charge >= 0.3 is 0 Å². The molecule has 2 N–H and O–H groups in total. The van der Waals surface area contributed by atoms with Crippen LogP contribution in [-0.2, 0) is 16.9 Å². The maximum Gasteiger partial charge on any atom is 0.242 e. The van der Waals surface area contributed by atoms with Crippen LogP contribution in [0.1, 0.15) is 38.8 Å². The fourth-order valence-electron chi connectivity index (χ4n) is 2.37. The van der Waals surface area contributed by atoms with E-state index in [1.807, 2.05) is 23.3 Å². The highest BCUT2D eigenvalue weighted by Crippen LogP contribution is 2.17. The van der Waals surface area contributed by atoms with Crippen molar-refractivity contribution in [2.45, 2.75) is 45.2 Å². The molecule has 0 unspecified atom stereocenters. The molecule has 0 atom stereocenters. The van der Waals surface area contributed by atoms with E-state index in [2.05, 4.69) is 4.98 Å². The predicted octanol–water partition coefficient (Wildman–Crippen LogP) is 1.09. The van der Waals surface area contributed by atoms with Crippen LogP contribution in [0.2, 0.25) is 0 Å². The van der Waals surface area contributed by atoms with Crippen LogP contribution in [0.15, 0.2) is 12.5 Å². The SMILES string of the molecule is CC(C)(N)c1cncn1CC(=O)N1CCCCC1. The van der Waals surface area contributed by atoms with Crippen LogP contribution < -0.4 is 5.73 Å². The Morgan fingerprint density at radius 1 is 1.39 bits per heavy atom. The molecule has 0 bridgehead atoms. The number of nitrogens with two attached hydrogens (primary N) is 1. The van der Waals surface area contributed by atoms with Crippen molar-refractivity contribution in [3.63, 3.8) is 0 Å². The fourth-order valence-corrected chi connectivity index (χ4v) is 2.37. The number of imidazole rings is 1. The lowest BCUT2D eigenvalue weighted by Gasteiger charge is -2.28. The van der Waals surface area contributed by atoms with Gasteiger partial charge in [-0.25, -0.2) is 4.98 Å². The van der Waals surface area contributed by atoms with Crippen LogP contribution in [0.25, 0.3) is 0 Å². The van der Waals surface area contributed by atoms with Crippen molar-refractivity contribution < 1.29 is 4.79 Å². The first-order chi connectivity index (χ1) is 8.48. The molecule has 1 aromatic rings. The van der Waals surface area contributed by atoms with Crippen LogP contribution in [0, 0.1) is 0 Å². The zero-order chi connectivity index (χ0) is 13.2. The van der Waals surface area contributed by atoms with Crippen molar-refractivity contribution in [3.8, 4) is 0 Å². The Hall–Kier alpha value is -1.36. The van der Waals surface area contributed by atoms with Gasteiger partial charge in [0, 0.05) is 19.3 Å². The van der Waals surface area contributed by atoms with Crippen LogP contribution in [0.3, 0.4) is 0 Å². The number of hydrogen-bond donors (Lipinski definition) is 1. The van der Waals surface area contributed by atoms with Gasteiger partial charge < -0.3 is 15.2 Å². The first-order valence-electron chi connectivity index (χ1n) is 6.56. The maximum atomic E-state index is 12.2. The Morgan fingerprint density at radius 3 is 2.67 bits per heavy atom. The number of amides is 1. The Labute approximate surface area is 108 Å². The number of likely N-dealkylation sites (tertiary alicyclic amines) is 1. The van der Waals surface area contributed by atoms with Crippen LogP contribution in [0.4, 0.5) is 0 Å². The molecule has 0 radical (unpaired) electrons. The summed E-state index contributed by atoms with van der Waals surface area (Å²) in [6.45, 7) is 5.96. The van der Waals surface area contributed by atoms with Gasteiger partial charge in [0.1, 0.15) is 6.54 Å². The second kappa shape index (κ2) is 5.10. The number of carbonyl (C=O) groups excluding carboxylic acids is 1. The van der Waals surface area contributed by atoms with Crippen molar-refractivity contribution in [2.24, 2.45) is 5.73 Å². The van der Waals surface area contributed by atoms with Crippen molar-refractivity contribution in [3.05, 3.63) is 18.2 Å². The molecular formula is C13H22N4O.